The molecule has 2 atom stereocenters. The van der Waals surface area contributed by atoms with Crippen LogP contribution in [0, 0.1) is 11.7 Å². The Morgan fingerprint density at radius 3 is 2.44 bits per heavy atom. The highest BCUT2D eigenvalue weighted by Crippen LogP contribution is 2.34. The number of piperidine rings is 1. The number of carbonyl (C=O) groups is 2. The van der Waals surface area contributed by atoms with Crippen LogP contribution in [-0.2, 0) is 0 Å². The number of hydrogen-bond acceptors (Lipinski definition) is 4. The zero-order valence-electron chi connectivity index (χ0n) is 19.7. The van der Waals surface area contributed by atoms with Crippen LogP contribution in [0.4, 0.5) is 4.39 Å². The Labute approximate surface area is 213 Å². The Balaban J connectivity index is 1.49. The Hall–Kier alpha value is -3.78. The first kappa shape index (κ1) is 25.3. The molecular formula is C27H26ClFN4O3. The van der Waals surface area contributed by atoms with Crippen molar-refractivity contribution in [1.82, 2.24) is 9.88 Å². The van der Waals surface area contributed by atoms with Crippen LogP contribution in [0.5, 0.6) is 5.88 Å². The zero-order chi connectivity index (χ0) is 25.7. The molecular weight excluding hydrogens is 483 g/mol. The van der Waals surface area contributed by atoms with E-state index < -0.39 is 5.91 Å². The van der Waals surface area contributed by atoms with Crippen LogP contribution in [0.1, 0.15) is 45.5 Å². The predicted octanol–water partition coefficient (Wildman–Crippen LogP) is 4.72. The number of carbonyl (C=O) groups excluding carboxylic acids is 2. The van der Waals surface area contributed by atoms with Gasteiger partial charge in [0.1, 0.15) is 11.7 Å². The van der Waals surface area contributed by atoms with Gasteiger partial charge < -0.3 is 15.4 Å². The van der Waals surface area contributed by atoms with Gasteiger partial charge in [-0.15, -0.1) is 0 Å². The lowest BCUT2D eigenvalue weighted by atomic mass is 9.81. The van der Waals surface area contributed by atoms with Crippen LogP contribution < -0.4 is 10.5 Å². The molecule has 0 spiro atoms. The minimum Gasteiger partial charge on any atom is -0.477 e. The summed E-state index contributed by atoms with van der Waals surface area (Å²) in [5.41, 5.74) is 7.23. The van der Waals surface area contributed by atoms with Crippen molar-refractivity contribution in [3.05, 3.63) is 94.4 Å². The number of hydrogen-bond donors (Lipinski definition) is 1. The van der Waals surface area contributed by atoms with E-state index in [0.717, 1.165) is 5.56 Å². The fourth-order valence-electron chi connectivity index (χ4n) is 4.27. The number of rotatable bonds is 6. The summed E-state index contributed by atoms with van der Waals surface area (Å²) in [7, 11) is 0. The first-order valence-electron chi connectivity index (χ1n) is 11.5. The standard InChI is InChI=1S/C27H26ClFN4O3/c1-17(30)32-26(34)19-2-4-20(5-3-19)27(35)33-13-12-21(16-36-25-11-8-22(28)14-31-25)24(15-33)18-6-9-23(29)10-7-18/h2-11,14,21,24H,12-13,15-16H2,1H3,(H2,30,32,34). The van der Waals surface area contributed by atoms with Crippen molar-refractivity contribution in [3.63, 3.8) is 0 Å². The number of aliphatic imine (C=N–C) groups is 1. The number of ether oxygens (including phenoxy) is 1. The van der Waals surface area contributed by atoms with Gasteiger partial charge in [0, 0.05) is 48.3 Å². The first-order valence-corrected chi connectivity index (χ1v) is 11.9. The minimum absolute atomic E-state index is 0.0571. The van der Waals surface area contributed by atoms with E-state index in [4.69, 9.17) is 22.1 Å². The van der Waals surface area contributed by atoms with Crippen LogP contribution in [0.2, 0.25) is 5.02 Å². The van der Waals surface area contributed by atoms with Crippen LogP contribution in [0.15, 0.2) is 71.9 Å². The first-order chi connectivity index (χ1) is 17.3. The van der Waals surface area contributed by atoms with Crippen LogP contribution >= 0.6 is 11.6 Å². The highest BCUT2D eigenvalue weighted by atomic mass is 35.5. The lowest BCUT2D eigenvalue weighted by Crippen LogP contribution is -2.44. The zero-order valence-corrected chi connectivity index (χ0v) is 20.5. The Morgan fingerprint density at radius 2 is 1.81 bits per heavy atom. The average molecular weight is 509 g/mol. The molecule has 1 fully saturated rings. The second-order valence-corrected chi connectivity index (χ2v) is 9.16. The van der Waals surface area contributed by atoms with Crippen LogP contribution in [-0.4, -0.2) is 47.2 Å². The highest BCUT2D eigenvalue weighted by molar-refractivity contribution is 6.30. The molecule has 0 saturated carbocycles. The summed E-state index contributed by atoms with van der Waals surface area (Å²) in [4.78, 5) is 35.0. The molecule has 0 radical (unpaired) electrons. The monoisotopic (exact) mass is 508 g/mol. The largest absolute Gasteiger partial charge is 0.477 e. The van der Waals surface area contributed by atoms with Crippen LogP contribution in [0.3, 0.4) is 0 Å². The number of likely N-dealkylation sites (tertiary alicyclic amines) is 1. The van der Waals surface area contributed by atoms with Gasteiger partial charge in [0.15, 0.2) is 0 Å². The van der Waals surface area contributed by atoms with Crippen LogP contribution in [0.25, 0.3) is 0 Å². The molecule has 0 aliphatic carbocycles. The molecule has 0 bridgehead atoms. The number of nitrogens with two attached hydrogens (primary N) is 1. The summed E-state index contributed by atoms with van der Waals surface area (Å²) in [6.45, 7) is 2.92. The van der Waals surface area contributed by atoms with Crippen molar-refractivity contribution < 1.29 is 18.7 Å². The second kappa shape index (κ2) is 11.3. The fourth-order valence-corrected chi connectivity index (χ4v) is 4.39. The van der Waals surface area contributed by atoms with Gasteiger partial charge in [0.25, 0.3) is 11.8 Å². The van der Waals surface area contributed by atoms with Crippen molar-refractivity contribution >= 4 is 29.3 Å². The maximum absolute atomic E-state index is 13.6. The van der Waals surface area contributed by atoms with Gasteiger partial charge >= 0.3 is 0 Å². The number of halogens is 2. The average Bonchev–Trinajstić information content (AvgIpc) is 2.88. The number of amides is 2. The van der Waals surface area contributed by atoms with E-state index in [-0.39, 0.29) is 29.4 Å². The third-order valence-electron chi connectivity index (χ3n) is 6.14. The number of amidine groups is 1. The van der Waals surface area contributed by atoms with E-state index >= 15 is 0 Å². The molecule has 2 N–H and O–H groups in total. The van der Waals surface area contributed by atoms with E-state index in [1.54, 1.807) is 53.4 Å². The molecule has 9 heteroatoms. The molecule has 36 heavy (non-hydrogen) atoms. The number of nitrogens with zero attached hydrogens (tertiary/aromatic N) is 3. The van der Waals surface area contributed by atoms with Crippen molar-refractivity contribution in [3.8, 4) is 5.88 Å². The summed E-state index contributed by atoms with van der Waals surface area (Å²) in [6.07, 6.45) is 2.22. The summed E-state index contributed by atoms with van der Waals surface area (Å²) < 4.78 is 19.5. The van der Waals surface area contributed by atoms with E-state index in [1.807, 2.05) is 0 Å². The van der Waals surface area contributed by atoms with Gasteiger partial charge in [0.2, 0.25) is 5.88 Å². The number of benzene rings is 2. The molecule has 2 amide bonds. The van der Waals surface area contributed by atoms with Crippen molar-refractivity contribution in [2.45, 2.75) is 19.3 Å². The molecule has 3 aromatic rings. The van der Waals surface area contributed by atoms with E-state index in [9.17, 15) is 14.0 Å². The maximum Gasteiger partial charge on any atom is 0.278 e. The number of pyridine rings is 1. The summed E-state index contributed by atoms with van der Waals surface area (Å²) in [5, 5.41) is 0.526. The van der Waals surface area contributed by atoms with Crippen molar-refractivity contribution in [1.29, 1.82) is 0 Å². The van der Waals surface area contributed by atoms with E-state index in [1.165, 1.54) is 25.3 Å². The topological polar surface area (TPSA) is 97.9 Å². The van der Waals surface area contributed by atoms with Gasteiger partial charge in [0.05, 0.1) is 11.6 Å². The summed E-state index contributed by atoms with van der Waals surface area (Å²) >= 11 is 5.90. The molecule has 2 heterocycles. The number of aromatic nitrogens is 1. The lowest BCUT2D eigenvalue weighted by molar-refractivity contribution is 0.0614. The second-order valence-electron chi connectivity index (χ2n) is 8.72. The molecule has 1 aliphatic rings. The van der Waals surface area contributed by atoms with Crippen molar-refractivity contribution in [2.75, 3.05) is 19.7 Å². The summed E-state index contributed by atoms with van der Waals surface area (Å²) in [6, 6.07) is 16.2. The SMILES string of the molecule is CC(N)=NC(=O)c1ccc(C(=O)N2CCC(COc3ccc(Cl)cn3)C(c3ccc(F)cc3)C2)cc1. The molecule has 7 nitrogen and oxygen atoms in total. The minimum atomic E-state index is -0.457. The van der Waals surface area contributed by atoms with E-state index in [0.29, 0.717) is 48.1 Å². The molecule has 1 aromatic heterocycles. The molecule has 1 aliphatic heterocycles. The molecule has 2 aromatic carbocycles. The van der Waals surface area contributed by atoms with E-state index in [2.05, 4.69) is 9.98 Å². The van der Waals surface area contributed by atoms with Gasteiger partial charge in [-0.05, 0) is 61.4 Å². The Kier molecular flexibility index (Phi) is 7.95. The molecule has 4 rings (SSSR count). The quantitative estimate of drug-likeness (QED) is 0.384. The van der Waals surface area contributed by atoms with Gasteiger partial charge in [-0.2, -0.15) is 4.99 Å². The van der Waals surface area contributed by atoms with Gasteiger partial charge in [-0.1, -0.05) is 23.7 Å². The van der Waals surface area contributed by atoms with Gasteiger partial charge in [-0.3, -0.25) is 9.59 Å². The van der Waals surface area contributed by atoms with Crippen molar-refractivity contribution in [2.24, 2.45) is 16.6 Å². The Morgan fingerprint density at radius 1 is 1.11 bits per heavy atom. The normalized spacial score (nSPS) is 18.1. The predicted molar refractivity (Wildman–Crippen MR) is 136 cm³/mol. The Bertz CT molecular complexity index is 1240. The lowest BCUT2D eigenvalue weighted by Gasteiger charge is -2.38. The molecule has 186 valence electrons. The molecule has 1 saturated heterocycles. The summed E-state index contributed by atoms with van der Waals surface area (Å²) in [5.74, 6) is -0.234. The highest BCUT2D eigenvalue weighted by Gasteiger charge is 2.33. The maximum atomic E-state index is 13.6. The molecule has 2 unspecified atom stereocenters. The fraction of sp³-hybridized carbons (Fsp3) is 0.259. The third-order valence-corrected chi connectivity index (χ3v) is 6.37. The third kappa shape index (κ3) is 6.26. The smallest absolute Gasteiger partial charge is 0.278 e. The van der Waals surface area contributed by atoms with Gasteiger partial charge in [-0.25, -0.2) is 9.37 Å².